The molecule has 0 radical (unpaired) electrons. The lowest BCUT2D eigenvalue weighted by molar-refractivity contribution is 0.181. The van der Waals surface area contributed by atoms with Gasteiger partial charge in [-0.2, -0.15) is 0 Å². The van der Waals surface area contributed by atoms with Gasteiger partial charge in [0.05, 0.1) is 0 Å². The van der Waals surface area contributed by atoms with Crippen molar-refractivity contribution in [3.05, 3.63) is 0 Å². The van der Waals surface area contributed by atoms with E-state index in [1.54, 1.807) is 0 Å². The summed E-state index contributed by atoms with van der Waals surface area (Å²) >= 11 is 0. The molecule has 1 heterocycles. The maximum atomic E-state index is 4.63. The minimum absolute atomic E-state index is 0. The van der Waals surface area contributed by atoms with Crippen LogP contribution in [0.25, 0.3) is 0 Å². The average molecular weight is 410 g/mol. The summed E-state index contributed by atoms with van der Waals surface area (Å²) in [6.45, 7) is 14.4. The average Bonchev–Trinajstić information content (AvgIpc) is 2.38. The molecule has 0 amide bonds. The summed E-state index contributed by atoms with van der Waals surface area (Å²) in [6.07, 6.45) is 5.23. The number of likely N-dealkylation sites (tertiary alicyclic amines) is 1. The van der Waals surface area contributed by atoms with Crippen molar-refractivity contribution in [1.82, 2.24) is 15.5 Å². The van der Waals surface area contributed by atoms with Crippen molar-refractivity contribution in [2.45, 2.75) is 59.4 Å². The Labute approximate surface area is 148 Å². The Morgan fingerprint density at radius 1 is 1.33 bits per heavy atom. The molecule has 1 fully saturated rings. The van der Waals surface area contributed by atoms with E-state index in [9.17, 15) is 0 Å². The summed E-state index contributed by atoms with van der Waals surface area (Å²) in [5, 5.41) is 6.64. The van der Waals surface area contributed by atoms with Gasteiger partial charge in [-0.25, -0.2) is 0 Å². The lowest BCUT2D eigenvalue weighted by atomic mass is 10.0. The zero-order valence-electron chi connectivity index (χ0n) is 14.3. The van der Waals surface area contributed by atoms with Gasteiger partial charge in [0, 0.05) is 25.7 Å². The zero-order valence-corrected chi connectivity index (χ0v) is 16.7. The Kier molecular flexibility index (Phi) is 12.5. The number of nitrogens with one attached hydrogen (secondary N) is 2. The first-order chi connectivity index (χ1) is 9.61. The molecule has 2 N–H and O–H groups in total. The molecular formula is C16H35IN4. The second-order valence-corrected chi connectivity index (χ2v) is 6.31. The van der Waals surface area contributed by atoms with E-state index in [1.165, 1.54) is 45.3 Å². The van der Waals surface area contributed by atoms with E-state index in [0.717, 1.165) is 25.0 Å². The number of unbranched alkanes of at least 4 members (excludes halogenated alkanes) is 1. The van der Waals surface area contributed by atoms with Crippen molar-refractivity contribution in [2.24, 2.45) is 10.9 Å². The van der Waals surface area contributed by atoms with Crippen LogP contribution < -0.4 is 10.6 Å². The smallest absolute Gasteiger partial charge is 0.191 e. The number of aliphatic imine (C=N–C) groups is 1. The lowest BCUT2D eigenvalue weighted by Gasteiger charge is -2.30. The van der Waals surface area contributed by atoms with Crippen LogP contribution in [0.5, 0.6) is 0 Å². The first-order valence-corrected chi connectivity index (χ1v) is 8.39. The third kappa shape index (κ3) is 10.3. The monoisotopic (exact) mass is 410 g/mol. The maximum absolute atomic E-state index is 4.63. The van der Waals surface area contributed by atoms with Gasteiger partial charge in [-0.15, -0.1) is 24.0 Å². The molecule has 0 aliphatic carbocycles. The summed E-state index contributed by atoms with van der Waals surface area (Å²) < 4.78 is 0. The highest BCUT2D eigenvalue weighted by Crippen LogP contribution is 2.15. The molecule has 1 saturated heterocycles. The molecule has 1 aliphatic rings. The Morgan fingerprint density at radius 3 is 2.71 bits per heavy atom. The normalized spacial score (nSPS) is 20.2. The van der Waals surface area contributed by atoms with Crippen LogP contribution >= 0.6 is 24.0 Å². The Hall–Kier alpha value is -0.0400. The van der Waals surface area contributed by atoms with Crippen LogP contribution in [0.15, 0.2) is 4.99 Å². The summed E-state index contributed by atoms with van der Waals surface area (Å²) in [6, 6.07) is 0.433. The summed E-state index contributed by atoms with van der Waals surface area (Å²) in [5.41, 5.74) is 0. The first kappa shape index (κ1) is 21.0. The van der Waals surface area contributed by atoms with Crippen LogP contribution in [0.1, 0.15) is 53.4 Å². The fourth-order valence-electron chi connectivity index (χ4n) is 2.72. The van der Waals surface area contributed by atoms with E-state index in [1.807, 2.05) is 0 Å². The molecule has 0 aromatic heterocycles. The van der Waals surface area contributed by atoms with Gasteiger partial charge in [0.2, 0.25) is 0 Å². The van der Waals surface area contributed by atoms with Gasteiger partial charge in [-0.3, -0.25) is 4.99 Å². The van der Waals surface area contributed by atoms with Crippen LogP contribution in [-0.4, -0.2) is 49.6 Å². The van der Waals surface area contributed by atoms with Crippen molar-refractivity contribution < 1.29 is 0 Å². The molecular weight excluding hydrogens is 375 g/mol. The molecule has 0 aromatic rings. The van der Waals surface area contributed by atoms with Crippen LogP contribution in [0.2, 0.25) is 0 Å². The number of guanidine groups is 1. The van der Waals surface area contributed by atoms with E-state index < -0.39 is 0 Å². The van der Waals surface area contributed by atoms with Gasteiger partial charge in [-0.05, 0) is 65.5 Å². The molecule has 5 heteroatoms. The molecule has 1 unspecified atom stereocenters. The zero-order chi connectivity index (χ0) is 14.8. The Balaban J connectivity index is 0.00000400. The van der Waals surface area contributed by atoms with E-state index in [4.69, 9.17) is 0 Å². The number of rotatable bonds is 7. The standard InChI is InChI=1S/C16H34N4.HI/c1-5-17-16(19-14(2)3)18-10-6-7-11-20-12-8-9-15(4)13-20;/h14-15H,5-13H2,1-4H3,(H2,17,18,19);1H. The molecule has 1 aliphatic heterocycles. The highest BCUT2D eigenvalue weighted by atomic mass is 127. The van der Waals surface area contributed by atoms with Crippen molar-refractivity contribution in [1.29, 1.82) is 0 Å². The van der Waals surface area contributed by atoms with Crippen LogP contribution in [0.4, 0.5) is 0 Å². The number of hydrogen-bond donors (Lipinski definition) is 2. The minimum atomic E-state index is 0. The third-order valence-corrected chi connectivity index (χ3v) is 3.66. The quantitative estimate of drug-likeness (QED) is 0.293. The largest absolute Gasteiger partial charge is 0.357 e. The first-order valence-electron chi connectivity index (χ1n) is 8.39. The van der Waals surface area contributed by atoms with Crippen molar-refractivity contribution >= 4 is 29.9 Å². The van der Waals surface area contributed by atoms with Crippen molar-refractivity contribution in [2.75, 3.05) is 32.7 Å². The molecule has 21 heavy (non-hydrogen) atoms. The number of hydrogen-bond acceptors (Lipinski definition) is 2. The summed E-state index contributed by atoms with van der Waals surface area (Å²) in [4.78, 5) is 7.25. The predicted octanol–water partition coefficient (Wildman–Crippen LogP) is 3.08. The molecule has 1 rings (SSSR count). The van der Waals surface area contributed by atoms with Gasteiger partial charge < -0.3 is 15.5 Å². The van der Waals surface area contributed by atoms with E-state index in [0.29, 0.717) is 6.04 Å². The highest BCUT2D eigenvalue weighted by Gasteiger charge is 2.15. The summed E-state index contributed by atoms with van der Waals surface area (Å²) in [5.74, 6) is 1.84. The molecule has 0 saturated carbocycles. The molecule has 0 bridgehead atoms. The molecule has 0 aromatic carbocycles. The van der Waals surface area contributed by atoms with Crippen LogP contribution in [0.3, 0.4) is 0 Å². The Morgan fingerprint density at radius 2 is 2.10 bits per heavy atom. The van der Waals surface area contributed by atoms with E-state index in [-0.39, 0.29) is 24.0 Å². The lowest BCUT2D eigenvalue weighted by Crippen LogP contribution is -2.41. The SMILES string of the molecule is CCNC(=NCCCCN1CCCC(C)C1)NC(C)C.I. The van der Waals surface area contributed by atoms with Gasteiger partial charge in [0.1, 0.15) is 0 Å². The van der Waals surface area contributed by atoms with Gasteiger partial charge >= 0.3 is 0 Å². The topological polar surface area (TPSA) is 39.7 Å². The predicted molar refractivity (Wildman–Crippen MR) is 104 cm³/mol. The van der Waals surface area contributed by atoms with Gasteiger partial charge in [0.15, 0.2) is 5.96 Å². The maximum Gasteiger partial charge on any atom is 0.191 e. The number of halogens is 1. The molecule has 4 nitrogen and oxygen atoms in total. The third-order valence-electron chi connectivity index (χ3n) is 3.66. The summed E-state index contributed by atoms with van der Waals surface area (Å²) in [7, 11) is 0. The molecule has 0 spiro atoms. The highest BCUT2D eigenvalue weighted by molar-refractivity contribution is 14.0. The second kappa shape index (κ2) is 12.5. The number of nitrogens with zero attached hydrogens (tertiary/aromatic N) is 2. The fourth-order valence-corrected chi connectivity index (χ4v) is 2.72. The van der Waals surface area contributed by atoms with Gasteiger partial charge in [0.25, 0.3) is 0 Å². The van der Waals surface area contributed by atoms with Crippen LogP contribution in [-0.2, 0) is 0 Å². The minimum Gasteiger partial charge on any atom is -0.357 e. The second-order valence-electron chi connectivity index (χ2n) is 6.31. The molecule has 126 valence electrons. The van der Waals surface area contributed by atoms with E-state index >= 15 is 0 Å². The molecule has 1 atom stereocenters. The fraction of sp³-hybridized carbons (Fsp3) is 0.938. The number of piperidine rings is 1. The van der Waals surface area contributed by atoms with Crippen molar-refractivity contribution in [3.8, 4) is 0 Å². The Bertz CT molecular complexity index is 281. The van der Waals surface area contributed by atoms with Gasteiger partial charge in [-0.1, -0.05) is 6.92 Å². The van der Waals surface area contributed by atoms with Crippen molar-refractivity contribution in [3.63, 3.8) is 0 Å². The van der Waals surface area contributed by atoms with Crippen LogP contribution in [0, 0.1) is 5.92 Å². The van der Waals surface area contributed by atoms with E-state index in [2.05, 4.69) is 48.2 Å².